The van der Waals surface area contributed by atoms with Crippen LogP contribution >= 0.6 is 22.7 Å². The molecule has 0 amide bonds. The van der Waals surface area contributed by atoms with Crippen molar-refractivity contribution in [3.8, 4) is 9.88 Å². The first kappa shape index (κ1) is 9.70. The molecule has 14 heavy (non-hydrogen) atoms. The molecular weight excluding hydrogens is 216 g/mol. The largest absolute Gasteiger partial charge is 0.330 e. The summed E-state index contributed by atoms with van der Waals surface area (Å²) < 4.78 is 0. The zero-order valence-electron chi connectivity index (χ0n) is 7.73. The van der Waals surface area contributed by atoms with Gasteiger partial charge in [-0.15, -0.1) is 21.5 Å². The van der Waals surface area contributed by atoms with E-state index in [9.17, 15) is 0 Å². The van der Waals surface area contributed by atoms with Crippen LogP contribution in [0.5, 0.6) is 0 Å². The van der Waals surface area contributed by atoms with Crippen LogP contribution in [-0.4, -0.2) is 21.7 Å². The average Bonchev–Trinajstić information content (AvgIpc) is 2.74. The summed E-state index contributed by atoms with van der Waals surface area (Å²) in [6.45, 7) is 2.60. The molecule has 0 fully saturated rings. The monoisotopic (exact) mass is 226 g/mol. The van der Waals surface area contributed by atoms with Gasteiger partial charge >= 0.3 is 0 Å². The first-order valence-corrected chi connectivity index (χ1v) is 5.94. The first-order valence-electron chi connectivity index (χ1n) is 4.24. The van der Waals surface area contributed by atoms with E-state index in [1.54, 1.807) is 22.7 Å². The third-order valence-electron chi connectivity index (χ3n) is 1.76. The van der Waals surface area contributed by atoms with Crippen LogP contribution < -0.4 is 5.73 Å². The number of aromatic nitrogens is 3. The average molecular weight is 226 g/mol. The van der Waals surface area contributed by atoms with Gasteiger partial charge in [0.15, 0.2) is 5.01 Å². The highest BCUT2D eigenvalue weighted by Crippen LogP contribution is 2.29. The number of nitrogens with two attached hydrogens (primary N) is 1. The van der Waals surface area contributed by atoms with E-state index in [4.69, 9.17) is 5.73 Å². The number of hydrogen-bond acceptors (Lipinski definition) is 6. The molecule has 0 aromatic carbocycles. The molecule has 0 atom stereocenters. The third kappa shape index (κ3) is 1.82. The van der Waals surface area contributed by atoms with Crippen LogP contribution in [0.3, 0.4) is 0 Å². The van der Waals surface area contributed by atoms with Crippen LogP contribution in [0.25, 0.3) is 9.88 Å². The van der Waals surface area contributed by atoms with Gasteiger partial charge in [0, 0.05) is 6.42 Å². The minimum absolute atomic E-state index is 0.621. The maximum absolute atomic E-state index is 5.45. The van der Waals surface area contributed by atoms with Gasteiger partial charge in [-0.1, -0.05) is 11.3 Å². The minimum Gasteiger partial charge on any atom is -0.330 e. The molecule has 0 saturated carbocycles. The van der Waals surface area contributed by atoms with E-state index >= 15 is 0 Å². The molecule has 0 radical (unpaired) electrons. The van der Waals surface area contributed by atoms with Crippen LogP contribution in [0, 0.1) is 6.92 Å². The van der Waals surface area contributed by atoms with E-state index in [1.807, 2.05) is 12.4 Å². The molecule has 2 aromatic heterocycles. The van der Waals surface area contributed by atoms with Crippen molar-refractivity contribution in [2.45, 2.75) is 13.3 Å². The molecule has 6 heteroatoms. The second-order valence-electron chi connectivity index (χ2n) is 2.81. The summed E-state index contributed by atoms with van der Waals surface area (Å²) in [6.07, 6.45) is 0.801. The Morgan fingerprint density at radius 2 is 2.29 bits per heavy atom. The van der Waals surface area contributed by atoms with E-state index < -0.39 is 0 Å². The molecule has 2 N–H and O–H groups in total. The van der Waals surface area contributed by atoms with Crippen LogP contribution in [-0.2, 0) is 6.42 Å². The van der Waals surface area contributed by atoms with E-state index in [0.29, 0.717) is 6.54 Å². The van der Waals surface area contributed by atoms with Crippen molar-refractivity contribution in [2.24, 2.45) is 5.73 Å². The molecule has 0 unspecified atom stereocenters. The number of hydrogen-bond donors (Lipinski definition) is 1. The second-order valence-corrected chi connectivity index (χ2v) is 4.72. The van der Waals surface area contributed by atoms with Crippen molar-refractivity contribution in [1.82, 2.24) is 15.2 Å². The topological polar surface area (TPSA) is 64.7 Å². The Morgan fingerprint density at radius 1 is 1.43 bits per heavy atom. The van der Waals surface area contributed by atoms with Gasteiger partial charge in [-0.25, -0.2) is 4.98 Å². The summed E-state index contributed by atoms with van der Waals surface area (Å²) in [5.74, 6) is 0. The van der Waals surface area contributed by atoms with Crippen molar-refractivity contribution in [3.05, 3.63) is 16.2 Å². The zero-order valence-corrected chi connectivity index (χ0v) is 9.36. The van der Waals surface area contributed by atoms with Crippen LogP contribution in [0.1, 0.15) is 10.7 Å². The second kappa shape index (κ2) is 4.12. The van der Waals surface area contributed by atoms with Crippen molar-refractivity contribution in [2.75, 3.05) is 6.54 Å². The molecule has 0 saturated heterocycles. The van der Waals surface area contributed by atoms with Gasteiger partial charge in [-0.3, -0.25) is 0 Å². The molecule has 0 bridgehead atoms. The molecule has 0 spiro atoms. The number of aryl methyl sites for hydroxylation is 1. The SMILES string of the molecule is Cc1ncsc1-c1nnc(CCN)s1. The van der Waals surface area contributed by atoms with Crippen LogP contribution in [0.2, 0.25) is 0 Å². The Kier molecular flexibility index (Phi) is 2.85. The van der Waals surface area contributed by atoms with Crippen molar-refractivity contribution in [1.29, 1.82) is 0 Å². The molecule has 0 aliphatic rings. The Labute approximate surface area is 89.8 Å². The summed E-state index contributed by atoms with van der Waals surface area (Å²) in [5.41, 5.74) is 8.29. The fraction of sp³-hybridized carbons (Fsp3) is 0.375. The Balaban J connectivity index is 2.29. The zero-order chi connectivity index (χ0) is 9.97. The predicted molar refractivity (Wildman–Crippen MR) is 58.5 cm³/mol. The maximum atomic E-state index is 5.45. The summed E-state index contributed by atoms with van der Waals surface area (Å²) >= 11 is 3.20. The predicted octanol–water partition coefficient (Wildman–Crippen LogP) is 1.47. The lowest BCUT2D eigenvalue weighted by molar-refractivity contribution is 0.913. The Hall–Kier alpha value is -0.850. The quantitative estimate of drug-likeness (QED) is 0.860. The normalized spacial score (nSPS) is 10.7. The lowest BCUT2D eigenvalue weighted by Gasteiger charge is -1.88. The molecule has 4 nitrogen and oxygen atoms in total. The first-order chi connectivity index (χ1) is 6.81. The Morgan fingerprint density at radius 3 is 2.93 bits per heavy atom. The van der Waals surface area contributed by atoms with E-state index in [0.717, 1.165) is 27.0 Å². The van der Waals surface area contributed by atoms with E-state index in [-0.39, 0.29) is 0 Å². The maximum Gasteiger partial charge on any atom is 0.159 e. The number of rotatable bonds is 3. The van der Waals surface area contributed by atoms with E-state index in [1.165, 1.54) is 0 Å². The molecule has 2 rings (SSSR count). The summed E-state index contributed by atoms with van der Waals surface area (Å²) in [5, 5.41) is 10.1. The van der Waals surface area contributed by atoms with Crippen LogP contribution in [0.4, 0.5) is 0 Å². The van der Waals surface area contributed by atoms with Gasteiger partial charge in [-0.2, -0.15) is 0 Å². The number of nitrogens with zero attached hydrogens (tertiary/aromatic N) is 3. The summed E-state index contributed by atoms with van der Waals surface area (Å²) in [4.78, 5) is 5.30. The molecule has 2 aromatic rings. The van der Waals surface area contributed by atoms with Gasteiger partial charge in [0.2, 0.25) is 0 Å². The van der Waals surface area contributed by atoms with E-state index in [2.05, 4.69) is 15.2 Å². The van der Waals surface area contributed by atoms with Gasteiger partial charge in [0.1, 0.15) is 5.01 Å². The van der Waals surface area contributed by atoms with Crippen molar-refractivity contribution >= 4 is 22.7 Å². The molecule has 2 heterocycles. The molecular formula is C8H10N4S2. The van der Waals surface area contributed by atoms with Gasteiger partial charge in [0.05, 0.1) is 16.1 Å². The van der Waals surface area contributed by atoms with Crippen LogP contribution in [0.15, 0.2) is 5.51 Å². The molecule has 74 valence electrons. The molecule has 0 aliphatic heterocycles. The standard InChI is InChI=1S/C8H10N4S2/c1-5-7(13-4-10-5)8-12-11-6(14-8)2-3-9/h4H,2-3,9H2,1H3. The number of thiazole rings is 1. The smallest absolute Gasteiger partial charge is 0.159 e. The van der Waals surface area contributed by atoms with Gasteiger partial charge in [0.25, 0.3) is 0 Å². The third-order valence-corrected chi connectivity index (χ3v) is 3.83. The van der Waals surface area contributed by atoms with Crippen molar-refractivity contribution in [3.63, 3.8) is 0 Å². The lowest BCUT2D eigenvalue weighted by atomic mass is 10.4. The molecule has 0 aliphatic carbocycles. The summed E-state index contributed by atoms with van der Waals surface area (Å²) in [7, 11) is 0. The Bertz CT molecular complexity index is 420. The highest BCUT2D eigenvalue weighted by molar-refractivity contribution is 7.20. The lowest BCUT2D eigenvalue weighted by Crippen LogP contribution is -2.01. The summed E-state index contributed by atoms with van der Waals surface area (Å²) in [6, 6.07) is 0. The highest BCUT2D eigenvalue weighted by atomic mass is 32.1. The minimum atomic E-state index is 0.621. The van der Waals surface area contributed by atoms with Gasteiger partial charge < -0.3 is 5.73 Å². The fourth-order valence-corrected chi connectivity index (χ4v) is 2.87. The van der Waals surface area contributed by atoms with Crippen molar-refractivity contribution < 1.29 is 0 Å². The fourth-order valence-electron chi connectivity index (χ4n) is 1.08. The highest BCUT2D eigenvalue weighted by Gasteiger charge is 2.10. The van der Waals surface area contributed by atoms with Gasteiger partial charge in [-0.05, 0) is 13.5 Å².